The van der Waals surface area contributed by atoms with Crippen LogP contribution in [0.25, 0.3) is 0 Å². The minimum Gasteiger partial charge on any atom is -0.326 e. The van der Waals surface area contributed by atoms with Crippen molar-refractivity contribution in [1.82, 2.24) is 0 Å². The average Bonchev–Trinajstić information content (AvgIpc) is 2.48. The SMILES string of the molecule is NC(c1ccc2c(c1)CCC(=O)N2)c1cc(Cl)ccc1F. The number of aryl methyl sites for hydroxylation is 1. The number of amides is 1. The number of fused-ring (bicyclic) bond motifs is 1. The second-order valence-electron chi connectivity index (χ2n) is 5.11. The van der Waals surface area contributed by atoms with E-state index in [1.54, 1.807) is 12.1 Å². The lowest BCUT2D eigenvalue weighted by molar-refractivity contribution is -0.116. The van der Waals surface area contributed by atoms with Crippen molar-refractivity contribution in [1.29, 1.82) is 0 Å². The van der Waals surface area contributed by atoms with E-state index in [2.05, 4.69) is 5.32 Å². The molecule has 21 heavy (non-hydrogen) atoms. The summed E-state index contributed by atoms with van der Waals surface area (Å²) >= 11 is 5.91. The van der Waals surface area contributed by atoms with E-state index >= 15 is 0 Å². The number of benzene rings is 2. The van der Waals surface area contributed by atoms with Crippen molar-refractivity contribution >= 4 is 23.2 Å². The van der Waals surface area contributed by atoms with Crippen molar-refractivity contribution in [3.05, 3.63) is 63.9 Å². The number of nitrogens with two attached hydrogens (primary N) is 1. The molecule has 0 radical (unpaired) electrons. The van der Waals surface area contributed by atoms with E-state index in [0.717, 1.165) is 16.8 Å². The molecule has 3 rings (SSSR count). The number of hydrogen-bond acceptors (Lipinski definition) is 2. The number of rotatable bonds is 2. The molecular weight excluding hydrogens is 291 g/mol. The Labute approximate surface area is 126 Å². The first-order chi connectivity index (χ1) is 10.0. The third kappa shape index (κ3) is 2.77. The molecule has 1 aliphatic rings. The quantitative estimate of drug-likeness (QED) is 0.893. The predicted octanol–water partition coefficient (Wildman–Crippen LogP) is 3.41. The van der Waals surface area contributed by atoms with Gasteiger partial charge in [-0.05, 0) is 41.8 Å². The number of carbonyl (C=O) groups excluding carboxylic acids is 1. The summed E-state index contributed by atoms with van der Waals surface area (Å²) in [6.07, 6.45) is 1.12. The fourth-order valence-electron chi connectivity index (χ4n) is 2.53. The summed E-state index contributed by atoms with van der Waals surface area (Å²) in [4.78, 5) is 11.3. The van der Waals surface area contributed by atoms with Gasteiger partial charge in [0.05, 0.1) is 6.04 Å². The number of anilines is 1. The number of hydrogen-bond donors (Lipinski definition) is 2. The fourth-order valence-corrected chi connectivity index (χ4v) is 2.71. The first-order valence-corrected chi connectivity index (χ1v) is 7.05. The third-order valence-corrected chi connectivity index (χ3v) is 3.91. The molecule has 1 unspecified atom stereocenters. The van der Waals surface area contributed by atoms with Gasteiger partial charge in [-0.3, -0.25) is 4.79 Å². The van der Waals surface area contributed by atoms with Gasteiger partial charge in [0.15, 0.2) is 0 Å². The lowest BCUT2D eigenvalue weighted by Crippen LogP contribution is -2.20. The fraction of sp³-hybridized carbons (Fsp3) is 0.188. The average molecular weight is 305 g/mol. The molecule has 0 saturated heterocycles. The summed E-state index contributed by atoms with van der Waals surface area (Å²) in [5.74, 6) is -0.363. The predicted molar refractivity (Wildman–Crippen MR) is 80.8 cm³/mol. The lowest BCUT2D eigenvalue weighted by Gasteiger charge is -2.20. The van der Waals surface area contributed by atoms with E-state index in [1.807, 2.05) is 12.1 Å². The molecule has 2 aromatic rings. The Hall–Kier alpha value is -1.91. The minimum atomic E-state index is -0.591. The molecule has 1 atom stereocenters. The molecule has 2 aromatic carbocycles. The summed E-state index contributed by atoms with van der Waals surface area (Å²) in [6.45, 7) is 0. The van der Waals surface area contributed by atoms with Gasteiger partial charge in [0.2, 0.25) is 5.91 Å². The normalized spacial score (nSPS) is 15.3. The topological polar surface area (TPSA) is 55.1 Å². The smallest absolute Gasteiger partial charge is 0.224 e. The van der Waals surface area contributed by atoms with E-state index in [1.165, 1.54) is 12.1 Å². The van der Waals surface area contributed by atoms with E-state index in [9.17, 15) is 9.18 Å². The van der Waals surface area contributed by atoms with Gasteiger partial charge < -0.3 is 11.1 Å². The van der Waals surface area contributed by atoms with Crippen LogP contribution in [0.5, 0.6) is 0 Å². The van der Waals surface area contributed by atoms with E-state index in [4.69, 9.17) is 17.3 Å². The number of carbonyl (C=O) groups is 1. The third-order valence-electron chi connectivity index (χ3n) is 3.68. The van der Waals surface area contributed by atoms with Crippen molar-refractivity contribution in [2.45, 2.75) is 18.9 Å². The maximum absolute atomic E-state index is 13.9. The molecule has 3 nitrogen and oxygen atoms in total. The molecule has 5 heteroatoms. The monoisotopic (exact) mass is 304 g/mol. The first kappa shape index (κ1) is 14.0. The maximum atomic E-state index is 13.9. The van der Waals surface area contributed by atoms with Gasteiger partial charge in [-0.2, -0.15) is 0 Å². The van der Waals surface area contributed by atoms with Crippen LogP contribution in [0.3, 0.4) is 0 Å². The van der Waals surface area contributed by atoms with Crippen LogP contribution >= 0.6 is 11.6 Å². The molecule has 0 fully saturated rings. The van der Waals surface area contributed by atoms with E-state index < -0.39 is 6.04 Å². The highest BCUT2D eigenvalue weighted by Crippen LogP contribution is 2.29. The zero-order valence-electron chi connectivity index (χ0n) is 11.2. The molecule has 0 saturated carbocycles. The van der Waals surface area contributed by atoms with Gasteiger partial charge in [-0.25, -0.2) is 4.39 Å². The van der Waals surface area contributed by atoms with Crippen LogP contribution in [0.2, 0.25) is 5.02 Å². The van der Waals surface area contributed by atoms with Crippen LogP contribution in [0.15, 0.2) is 36.4 Å². The summed E-state index contributed by atoms with van der Waals surface area (Å²) < 4.78 is 13.9. The Bertz CT molecular complexity index is 717. The zero-order chi connectivity index (χ0) is 15.0. The van der Waals surface area contributed by atoms with Crippen LogP contribution in [-0.2, 0) is 11.2 Å². The van der Waals surface area contributed by atoms with Crippen molar-refractivity contribution < 1.29 is 9.18 Å². The van der Waals surface area contributed by atoms with Crippen molar-refractivity contribution in [3.8, 4) is 0 Å². The Morgan fingerprint density at radius 3 is 2.81 bits per heavy atom. The standard InChI is InChI=1S/C16H14ClFN2O/c17-11-3-4-13(18)12(8-11)16(19)10-1-5-14-9(7-10)2-6-15(21)20-14/h1,3-5,7-8,16H,2,6,19H2,(H,20,21). The second-order valence-corrected chi connectivity index (χ2v) is 5.54. The largest absolute Gasteiger partial charge is 0.326 e. The molecular formula is C16H14ClFN2O. The first-order valence-electron chi connectivity index (χ1n) is 6.68. The molecule has 1 heterocycles. The molecule has 3 N–H and O–H groups in total. The zero-order valence-corrected chi connectivity index (χ0v) is 12.0. The molecule has 0 aromatic heterocycles. The second kappa shape index (κ2) is 5.47. The molecule has 0 bridgehead atoms. The molecule has 1 amide bonds. The highest BCUT2D eigenvalue weighted by Gasteiger charge is 2.19. The Morgan fingerprint density at radius 2 is 2.00 bits per heavy atom. The minimum absolute atomic E-state index is 0.0143. The van der Waals surface area contributed by atoms with E-state index in [0.29, 0.717) is 23.4 Å². The van der Waals surface area contributed by atoms with Gasteiger partial charge in [0.1, 0.15) is 5.82 Å². The number of nitrogens with one attached hydrogen (secondary N) is 1. The Kier molecular flexibility index (Phi) is 3.66. The van der Waals surface area contributed by atoms with Crippen LogP contribution < -0.4 is 11.1 Å². The highest BCUT2D eigenvalue weighted by molar-refractivity contribution is 6.30. The Morgan fingerprint density at radius 1 is 1.19 bits per heavy atom. The molecule has 0 spiro atoms. The summed E-state index contributed by atoms with van der Waals surface area (Å²) in [5.41, 5.74) is 9.14. The van der Waals surface area contributed by atoms with Crippen molar-refractivity contribution in [2.75, 3.05) is 5.32 Å². The van der Waals surface area contributed by atoms with E-state index in [-0.39, 0.29) is 11.7 Å². The van der Waals surface area contributed by atoms with Crippen LogP contribution in [-0.4, -0.2) is 5.91 Å². The highest BCUT2D eigenvalue weighted by atomic mass is 35.5. The van der Waals surface area contributed by atoms with Crippen LogP contribution in [0.1, 0.15) is 29.2 Å². The molecule has 0 aliphatic carbocycles. The van der Waals surface area contributed by atoms with Gasteiger partial charge in [-0.1, -0.05) is 23.7 Å². The van der Waals surface area contributed by atoms with Crippen LogP contribution in [0.4, 0.5) is 10.1 Å². The lowest BCUT2D eigenvalue weighted by atomic mass is 9.94. The summed E-state index contributed by atoms with van der Waals surface area (Å²) in [7, 11) is 0. The maximum Gasteiger partial charge on any atom is 0.224 e. The molecule has 1 aliphatic heterocycles. The summed E-state index contributed by atoms with van der Waals surface area (Å²) in [5, 5.41) is 3.26. The van der Waals surface area contributed by atoms with Gasteiger partial charge >= 0.3 is 0 Å². The van der Waals surface area contributed by atoms with Gasteiger partial charge in [-0.15, -0.1) is 0 Å². The van der Waals surface area contributed by atoms with Crippen LogP contribution in [0, 0.1) is 5.82 Å². The van der Waals surface area contributed by atoms with Gasteiger partial charge in [0.25, 0.3) is 0 Å². The Balaban J connectivity index is 1.97. The summed E-state index contributed by atoms with van der Waals surface area (Å²) in [6, 6.07) is 9.29. The van der Waals surface area contributed by atoms with Crippen molar-refractivity contribution in [3.63, 3.8) is 0 Å². The van der Waals surface area contributed by atoms with Gasteiger partial charge in [0, 0.05) is 22.7 Å². The van der Waals surface area contributed by atoms with Crippen molar-refractivity contribution in [2.24, 2.45) is 5.73 Å². The molecule has 108 valence electrons. The number of halogens is 2.